The number of hydrogen-bond acceptors (Lipinski definition) is 7. The van der Waals surface area contributed by atoms with Crippen molar-refractivity contribution in [3.63, 3.8) is 0 Å². The van der Waals surface area contributed by atoms with Crippen LogP contribution in [0.2, 0.25) is 0 Å². The monoisotopic (exact) mass is 499 g/mol. The Morgan fingerprint density at radius 1 is 1.47 bits per heavy atom. The van der Waals surface area contributed by atoms with Gasteiger partial charge in [-0.25, -0.2) is 14.4 Å². The van der Waals surface area contributed by atoms with Gasteiger partial charge in [-0.3, -0.25) is 9.48 Å². The molecule has 1 aliphatic rings. The number of halogens is 2. The number of carbonyl (C=O) groups excluding carboxylic acids is 1. The molecule has 1 amide bonds. The van der Waals surface area contributed by atoms with Crippen LogP contribution in [0.5, 0.6) is 5.88 Å². The highest BCUT2D eigenvalue weighted by Crippen LogP contribution is 2.33. The normalized spacial score (nSPS) is 15.7. The molecule has 0 spiro atoms. The van der Waals surface area contributed by atoms with Crippen LogP contribution in [0.15, 0.2) is 35.1 Å². The van der Waals surface area contributed by atoms with Gasteiger partial charge in [-0.15, -0.1) is 0 Å². The SMILES string of the molecule is C[C@@H](Oc1nc(Br)cnc1N)c1cc(F)ccc1C(=O)N(C)C1CCn2nc(C#N)cc21. The summed E-state index contributed by atoms with van der Waals surface area (Å²) in [6, 6.07) is 7.39. The van der Waals surface area contributed by atoms with E-state index >= 15 is 0 Å². The van der Waals surface area contributed by atoms with Gasteiger partial charge in [0.1, 0.15) is 22.6 Å². The topological polar surface area (TPSA) is 123 Å². The molecule has 164 valence electrons. The van der Waals surface area contributed by atoms with Crippen molar-refractivity contribution in [2.45, 2.75) is 32.0 Å². The molecule has 2 N–H and O–H groups in total. The maximum atomic E-state index is 14.1. The van der Waals surface area contributed by atoms with E-state index in [1.807, 2.05) is 6.07 Å². The van der Waals surface area contributed by atoms with E-state index in [0.717, 1.165) is 5.69 Å². The predicted molar refractivity (Wildman–Crippen MR) is 116 cm³/mol. The fourth-order valence-electron chi connectivity index (χ4n) is 3.79. The van der Waals surface area contributed by atoms with Gasteiger partial charge < -0.3 is 15.4 Å². The molecule has 1 aliphatic heterocycles. The third-order valence-corrected chi connectivity index (χ3v) is 5.76. The molecule has 3 heterocycles. The summed E-state index contributed by atoms with van der Waals surface area (Å²) in [5.41, 5.74) is 7.58. The second kappa shape index (κ2) is 8.55. The lowest BCUT2D eigenvalue weighted by molar-refractivity contribution is 0.0725. The van der Waals surface area contributed by atoms with Gasteiger partial charge in [-0.1, -0.05) is 0 Å². The summed E-state index contributed by atoms with van der Waals surface area (Å²) in [5.74, 6) is -0.650. The Morgan fingerprint density at radius 3 is 3.00 bits per heavy atom. The molecule has 2 atom stereocenters. The first-order valence-corrected chi connectivity index (χ1v) is 10.6. The third-order valence-electron chi connectivity index (χ3n) is 5.38. The van der Waals surface area contributed by atoms with E-state index in [2.05, 4.69) is 31.0 Å². The highest BCUT2D eigenvalue weighted by molar-refractivity contribution is 9.10. The van der Waals surface area contributed by atoms with Crippen LogP contribution in [-0.2, 0) is 6.54 Å². The number of aryl methyl sites for hydroxylation is 1. The molecule has 0 aliphatic carbocycles. The molecule has 0 saturated heterocycles. The molecule has 3 aromatic rings. The number of benzene rings is 1. The zero-order chi connectivity index (χ0) is 23.0. The van der Waals surface area contributed by atoms with E-state index in [0.29, 0.717) is 34.4 Å². The number of nitrogens with two attached hydrogens (primary N) is 1. The highest BCUT2D eigenvalue weighted by Gasteiger charge is 2.32. The molecule has 1 aromatic carbocycles. The molecular weight excluding hydrogens is 481 g/mol. The van der Waals surface area contributed by atoms with E-state index in [4.69, 9.17) is 15.7 Å². The lowest BCUT2D eigenvalue weighted by atomic mass is 10.0. The molecule has 1 unspecified atom stereocenters. The molecule has 32 heavy (non-hydrogen) atoms. The van der Waals surface area contributed by atoms with Crippen molar-refractivity contribution in [3.05, 3.63) is 63.4 Å². The summed E-state index contributed by atoms with van der Waals surface area (Å²) in [7, 11) is 1.68. The van der Waals surface area contributed by atoms with Gasteiger partial charge in [0.2, 0.25) is 0 Å². The average Bonchev–Trinajstić information content (AvgIpc) is 3.35. The van der Waals surface area contributed by atoms with Crippen LogP contribution in [0.3, 0.4) is 0 Å². The Morgan fingerprint density at radius 2 is 2.25 bits per heavy atom. The van der Waals surface area contributed by atoms with E-state index in [9.17, 15) is 9.18 Å². The Bertz CT molecular complexity index is 1240. The molecule has 0 radical (unpaired) electrons. The first kappa shape index (κ1) is 21.7. The van der Waals surface area contributed by atoms with Gasteiger partial charge in [0.25, 0.3) is 11.8 Å². The lowest BCUT2D eigenvalue weighted by Crippen LogP contribution is -2.31. The van der Waals surface area contributed by atoms with Gasteiger partial charge in [-0.05, 0) is 53.5 Å². The average molecular weight is 500 g/mol. The van der Waals surface area contributed by atoms with Crippen LogP contribution in [0, 0.1) is 17.1 Å². The maximum Gasteiger partial charge on any atom is 0.258 e. The van der Waals surface area contributed by atoms with E-state index in [1.165, 1.54) is 24.4 Å². The quantitative estimate of drug-likeness (QED) is 0.570. The number of nitrogens with zero attached hydrogens (tertiary/aromatic N) is 6. The number of amides is 1. The van der Waals surface area contributed by atoms with Crippen molar-refractivity contribution in [2.75, 3.05) is 12.8 Å². The number of fused-ring (bicyclic) bond motifs is 1. The number of nitrogen functional groups attached to an aromatic ring is 1. The Hall–Kier alpha value is -3.52. The summed E-state index contributed by atoms with van der Waals surface area (Å²) >= 11 is 3.21. The minimum atomic E-state index is -0.733. The zero-order valence-electron chi connectivity index (χ0n) is 17.3. The number of hydrogen-bond donors (Lipinski definition) is 1. The smallest absolute Gasteiger partial charge is 0.258 e. The predicted octanol–water partition coefficient (Wildman–Crippen LogP) is 3.39. The standard InChI is InChI=1S/C21H19BrFN7O2/c1-11(32-20-19(25)26-10-18(22)27-20)15-7-12(23)3-4-14(15)21(31)29(2)16-5-6-30-17(16)8-13(9-24)28-30/h3-4,7-8,10-11,16H,5-6H2,1-2H3,(H2,25,26)/t11-,16?/m1/s1. The summed E-state index contributed by atoms with van der Waals surface area (Å²) in [4.78, 5) is 23.1. The van der Waals surface area contributed by atoms with Crippen LogP contribution in [0.25, 0.3) is 0 Å². The van der Waals surface area contributed by atoms with Crippen LogP contribution >= 0.6 is 15.9 Å². The number of nitriles is 1. The fraction of sp³-hybridized carbons (Fsp3) is 0.286. The fourth-order valence-corrected chi connectivity index (χ4v) is 4.06. The summed E-state index contributed by atoms with van der Waals surface area (Å²) < 4.78 is 22.1. The first-order chi connectivity index (χ1) is 15.3. The molecule has 11 heteroatoms. The van der Waals surface area contributed by atoms with Crippen LogP contribution in [0.4, 0.5) is 10.2 Å². The van der Waals surface area contributed by atoms with E-state index in [-0.39, 0.29) is 23.6 Å². The van der Waals surface area contributed by atoms with Crippen molar-refractivity contribution >= 4 is 27.7 Å². The molecule has 4 rings (SSSR count). The van der Waals surface area contributed by atoms with E-state index < -0.39 is 11.9 Å². The van der Waals surface area contributed by atoms with E-state index in [1.54, 1.807) is 29.6 Å². The minimum Gasteiger partial charge on any atom is -0.467 e. The van der Waals surface area contributed by atoms with Crippen molar-refractivity contribution in [2.24, 2.45) is 0 Å². The lowest BCUT2D eigenvalue weighted by Gasteiger charge is -2.26. The number of carbonyl (C=O) groups is 1. The second-order valence-electron chi connectivity index (χ2n) is 7.38. The number of rotatable bonds is 5. The van der Waals surface area contributed by atoms with Gasteiger partial charge >= 0.3 is 0 Å². The summed E-state index contributed by atoms with van der Waals surface area (Å²) in [6.45, 7) is 2.29. The van der Waals surface area contributed by atoms with Crippen LogP contribution in [0.1, 0.15) is 52.8 Å². The van der Waals surface area contributed by atoms with Crippen LogP contribution < -0.4 is 10.5 Å². The Kier molecular flexibility index (Phi) is 5.80. The summed E-state index contributed by atoms with van der Waals surface area (Å²) in [6.07, 6.45) is 1.37. The third kappa shape index (κ3) is 4.01. The molecule has 0 bridgehead atoms. The first-order valence-electron chi connectivity index (χ1n) is 9.77. The molecule has 0 fully saturated rings. The Balaban J connectivity index is 1.63. The number of aromatic nitrogens is 4. The zero-order valence-corrected chi connectivity index (χ0v) is 18.9. The highest BCUT2D eigenvalue weighted by atomic mass is 79.9. The van der Waals surface area contributed by atoms with Crippen molar-refractivity contribution in [3.8, 4) is 11.9 Å². The van der Waals surface area contributed by atoms with Crippen molar-refractivity contribution in [1.82, 2.24) is 24.6 Å². The van der Waals surface area contributed by atoms with Gasteiger partial charge in [0, 0.05) is 24.7 Å². The Labute approximate surface area is 191 Å². The van der Waals surface area contributed by atoms with Gasteiger partial charge in [-0.2, -0.15) is 10.4 Å². The number of ether oxygens (including phenoxy) is 1. The van der Waals surface area contributed by atoms with Crippen molar-refractivity contribution < 1.29 is 13.9 Å². The second-order valence-corrected chi connectivity index (χ2v) is 8.20. The van der Waals surface area contributed by atoms with Crippen LogP contribution in [-0.4, -0.2) is 37.6 Å². The number of anilines is 1. The maximum absolute atomic E-state index is 14.1. The minimum absolute atomic E-state index is 0.0756. The largest absolute Gasteiger partial charge is 0.467 e. The molecule has 9 nitrogen and oxygen atoms in total. The van der Waals surface area contributed by atoms with Crippen molar-refractivity contribution in [1.29, 1.82) is 5.26 Å². The summed E-state index contributed by atoms with van der Waals surface area (Å²) in [5, 5.41) is 13.3. The molecule has 2 aromatic heterocycles. The molecular formula is C21H19BrFN7O2. The molecule has 0 saturated carbocycles. The van der Waals surface area contributed by atoms with Gasteiger partial charge in [0.15, 0.2) is 11.5 Å². The van der Waals surface area contributed by atoms with Gasteiger partial charge in [0.05, 0.1) is 17.9 Å².